The smallest absolute Gasteiger partial charge is 0.386 e. The van der Waals surface area contributed by atoms with Crippen molar-refractivity contribution >= 4 is 16.7 Å². The maximum absolute atomic E-state index is 14.2. The van der Waals surface area contributed by atoms with Gasteiger partial charge in [-0.25, -0.2) is 4.39 Å². The SMILES string of the molecule is O=C(NC(Cc1ccc(C(F)(F)F)cc1)C(O)c1ccccc1)c1ccc(F)c2ccccc12. The maximum Gasteiger partial charge on any atom is 0.416 e. The summed E-state index contributed by atoms with van der Waals surface area (Å²) in [6, 6.07) is 21.5. The summed E-state index contributed by atoms with van der Waals surface area (Å²) in [5, 5.41) is 14.5. The fourth-order valence-electron chi connectivity index (χ4n) is 3.91. The molecule has 0 radical (unpaired) electrons. The topological polar surface area (TPSA) is 49.3 Å². The first-order valence-electron chi connectivity index (χ1n) is 10.6. The summed E-state index contributed by atoms with van der Waals surface area (Å²) in [6.07, 6.45) is -5.50. The number of alkyl halides is 3. The molecule has 0 saturated heterocycles. The number of halogens is 4. The van der Waals surface area contributed by atoms with Crippen LogP contribution in [0, 0.1) is 5.82 Å². The van der Waals surface area contributed by atoms with Gasteiger partial charge in [0.25, 0.3) is 5.91 Å². The van der Waals surface area contributed by atoms with E-state index in [9.17, 15) is 27.5 Å². The summed E-state index contributed by atoms with van der Waals surface area (Å²) in [5.41, 5.74) is 0.508. The predicted octanol–water partition coefficient (Wildman–Crippen LogP) is 6.07. The zero-order chi connectivity index (χ0) is 24.3. The maximum atomic E-state index is 14.2. The Labute approximate surface area is 193 Å². The van der Waals surface area contributed by atoms with Gasteiger partial charge in [-0.3, -0.25) is 4.79 Å². The Kier molecular flexibility index (Phi) is 6.65. The highest BCUT2D eigenvalue weighted by Crippen LogP contribution is 2.30. The van der Waals surface area contributed by atoms with Crippen molar-refractivity contribution in [1.82, 2.24) is 5.32 Å². The van der Waals surface area contributed by atoms with E-state index in [1.807, 2.05) is 0 Å². The van der Waals surface area contributed by atoms with E-state index in [2.05, 4.69) is 5.32 Å². The van der Waals surface area contributed by atoms with E-state index < -0.39 is 35.6 Å². The van der Waals surface area contributed by atoms with Crippen molar-refractivity contribution in [2.75, 3.05) is 0 Å². The van der Waals surface area contributed by atoms with Crippen LogP contribution in [-0.4, -0.2) is 17.1 Å². The lowest BCUT2D eigenvalue weighted by molar-refractivity contribution is -0.137. The molecule has 0 spiro atoms. The van der Waals surface area contributed by atoms with Gasteiger partial charge in [-0.15, -0.1) is 0 Å². The van der Waals surface area contributed by atoms with Crippen LogP contribution in [0.15, 0.2) is 91.0 Å². The molecule has 0 aromatic heterocycles. The van der Waals surface area contributed by atoms with Crippen LogP contribution >= 0.6 is 0 Å². The molecule has 2 N–H and O–H groups in total. The number of aliphatic hydroxyl groups is 1. The standard InChI is InChI=1S/C27H21F4NO2/c28-23-15-14-22(20-8-4-5-9-21(20)23)26(34)32-24(25(33)18-6-2-1-3-7-18)16-17-10-12-19(13-11-17)27(29,30)31/h1-15,24-25,33H,16H2,(H,32,34). The first kappa shape index (κ1) is 23.4. The molecule has 7 heteroatoms. The third-order valence-electron chi connectivity index (χ3n) is 5.69. The van der Waals surface area contributed by atoms with Gasteiger partial charge in [0.1, 0.15) is 5.82 Å². The van der Waals surface area contributed by atoms with Crippen LogP contribution < -0.4 is 5.32 Å². The molecule has 0 fully saturated rings. The number of carbonyl (C=O) groups is 1. The summed E-state index contributed by atoms with van der Waals surface area (Å²) in [7, 11) is 0. The lowest BCUT2D eigenvalue weighted by Crippen LogP contribution is -2.41. The molecule has 0 aliphatic carbocycles. The Morgan fingerprint density at radius 2 is 1.44 bits per heavy atom. The molecule has 4 rings (SSSR count). The number of carbonyl (C=O) groups excluding carboxylic acids is 1. The van der Waals surface area contributed by atoms with Crippen LogP contribution in [-0.2, 0) is 12.6 Å². The van der Waals surface area contributed by atoms with Gasteiger partial charge in [-0.2, -0.15) is 13.2 Å². The minimum Gasteiger partial charge on any atom is -0.386 e. The minimum atomic E-state index is -4.46. The lowest BCUT2D eigenvalue weighted by atomic mass is 9.94. The number of amides is 1. The predicted molar refractivity (Wildman–Crippen MR) is 122 cm³/mol. The highest BCUT2D eigenvalue weighted by Gasteiger charge is 2.30. The molecule has 4 aromatic carbocycles. The van der Waals surface area contributed by atoms with Crippen molar-refractivity contribution in [1.29, 1.82) is 0 Å². The molecular weight excluding hydrogens is 446 g/mol. The average molecular weight is 467 g/mol. The summed E-state index contributed by atoms with van der Waals surface area (Å²) in [5.74, 6) is -0.985. The highest BCUT2D eigenvalue weighted by molar-refractivity contribution is 6.07. The van der Waals surface area contributed by atoms with Gasteiger partial charge in [0.2, 0.25) is 0 Å². The van der Waals surface area contributed by atoms with Crippen molar-refractivity contribution < 1.29 is 27.5 Å². The summed E-state index contributed by atoms with van der Waals surface area (Å²) >= 11 is 0. The van der Waals surface area contributed by atoms with Gasteiger partial charge < -0.3 is 10.4 Å². The zero-order valence-corrected chi connectivity index (χ0v) is 17.9. The van der Waals surface area contributed by atoms with Crippen molar-refractivity contribution in [2.45, 2.75) is 24.7 Å². The second-order valence-electron chi connectivity index (χ2n) is 7.97. The average Bonchev–Trinajstić information content (AvgIpc) is 2.84. The molecule has 3 nitrogen and oxygen atoms in total. The number of rotatable bonds is 6. The van der Waals surface area contributed by atoms with Crippen molar-refractivity contribution in [3.05, 3.63) is 119 Å². The number of nitrogens with one attached hydrogen (secondary N) is 1. The largest absolute Gasteiger partial charge is 0.416 e. The molecule has 0 saturated carbocycles. The molecule has 0 heterocycles. The van der Waals surface area contributed by atoms with Gasteiger partial charge in [-0.1, -0.05) is 66.7 Å². The molecule has 174 valence electrons. The van der Waals surface area contributed by atoms with Gasteiger partial charge >= 0.3 is 6.18 Å². The van der Waals surface area contributed by atoms with Gasteiger partial charge in [0.05, 0.1) is 17.7 Å². The van der Waals surface area contributed by atoms with Crippen molar-refractivity contribution in [3.63, 3.8) is 0 Å². The van der Waals surface area contributed by atoms with Gasteiger partial charge in [0.15, 0.2) is 0 Å². The van der Waals surface area contributed by atoms with E-state index in [1.54, 1.807) is 54.6 Å². The summed E-state index contributed by atoms with van der Waals surface area (Å²) in [6.45, 7) is 0. The molecule has 34 heavy (non-hydrogen) atoms. The monoisotopic (exact) mass is 467 g/mol. The number of benzene rings is 4. The van der Waals surface area contributed by atoms with E-state index in [-0.39, 0.29) is 17.4 Å². The van der Waals surface area contributed by atoms with E-state index in [0.29, 0.717) is 16.5 Å². The van der Waals surface area contributed by atoms with Crippen molar-refractivity contribution in [2.24, 2.45) is 0 Å². The van der Waals surface area contributed by atoms with Crippen LogP contribution in [0.3, 0.4) is 0 Å². The first-order chi connectivity index (χ1) is 16.2. The second-order valence-corrected chi connectivity index (χ2v) is 7.97. The molecule has 0 bridgehead atoms. The van der Waals surface area contributed by atoms with Crippen LogP contribution in [0.4, 0.5) is 17.6 Å². The van der Waals surface area contributed by atoms with Gasteiger partial charge in [-0.05, 0) is 47.2 Å². The first-order valence-corrected chi connectivity index (χ1v) is 10.6. The number of hydrogen-bond acceptors (Lipinski definition) is 2. The van der Waals surface area contributed by atoms with Crippen LogP contribution in [0.1, 0.15) is 33.2 Å². The molecule has 2 atom stereocenters. The van der Waals surface area contributed by atoms with Crippen molar-refractivity contribution in [3.8, 4) is 0 Å². The Bertz CT molecular complexity index is 1290. The fraction of sp³-hybridized carbons (Fsp3) is 0.148. The quantitative estimate of drug-likeness (QED) is 0.338. The summed E-state index contributed by atoms with van der Waals surface area (Å²) in [4.78, 5) is 13.2. The van der Waals surface area contributed by atoms with Crippen LogP contribution in [0.5, 0.6) is 0 Å². The molecule has 0 aliphatic heterocycles. The van der Waals surface area contributed by atoms with E-state index in [0.717, 1.165) is 12.1 Å². The van der Waals surface area contributed by atoms with Gasteiger partial charge in [0, 0.05) is 10.9 Å². The Morgan fingerprint density at radius 3 is 2.09 bits per heavy atom. The second kappa shape index (κ2) is 9.65. The molecule has 0 aliphatic rings. The van der Waals surface area contributed by atoms with Crippen LogP contribution in [0.2, 0.25) is 0 Å². The normalized spacial score (nSPS) is 13.4. The number of aliphatic hydroxyl groups excluding tert-OH is 1. The summed E-state index contributed by atoms with van der Waals surface area (Å²) < 4.78 is 53.0. The lowest BCUT2D eigenvalue weighted by Gasteiger charge is -2.25. The van der Waals surface area contributed by atoms with Crippen LogP contribution in [0.25, 0.3) is 10.8 Å². The third kappa shape index (κ3) is 5.10. The third-order valence-corrected chi connectivity index (χ3v) is 5.69. The molecule has 4 aromatic rings. The Balaban J connectivity index is 1.65. The molecule has 1 amide bonds. The zero-order valence-electron chi connectivity index (χ0n) is 17.9. The Morgan fingerprint density at radius 1 is 0.824 bits per heavy atom. The van der Waals surface area contributed by atoms with E-state index in [1.165, 1.54) is 24.3 Å². The van der Waals surface area contributed by atoms with E-state index >= 15 is 0 Å². The Hall–Kier alpha value is -3.71. The molecule has 2 unspecified atom stereocenters. The molecular formula is C27H21F4NO2. The van der Waals surface area contributed by atoms with E-state index in [4.69, 9.17) is 0 Å². The highest BCUT2D eigenvalue weighted by atomic mass is 19.4. The number of hydrogen-bond donors (Lipinski definition) is 2. The fourth-order valence-corrected chi connectivity index (χ4v) is 3.91. The number of fused-ring (bicyclic) bond motifs is 1. The minimum absolute atomic E-state index is 0.0824.